The summed E-state index contributed by atoms with van der Waals surface area (Å²) in [6.45, 7) is 5.41. The number of rotatable bonds is 5. The Morgan fingerprint density at radius 2 is 1.97 bits per heavy atom. The second-order valence-corrected chi connectivity index (χ2v) is 9.50. The summed E-state index contributed by atoms with van der Waals surface area (Å²) in [5, 5.41) is 5.27. The number of nitrogens with one attached hydrogen (secondary N) is 1. The average Bonchev–Trinajstić information content (AvgIpc) is 3.37. The van der Waals surface area contributed by atoms with E-state index in [1.807, 2.05) is 12.1 Å². The second-order valence-electron chi connectivity index (χ2n) is 8.45. The molecule has 1 amide bonds. The third-order valence-corrected chi connectivity index (χ3v) is 7.67. The van der Waals surface area contributed by atoms with E-state index in [9.17, 15) is 4.79 Å². The molecule has 0 bridgehead atoms. The van der Waals surface area contributed by atoms with Gasteiger partial charge in [-0.05, 0) is 29.0 Å². The van der Waals surface area contributed by atoms with Crippen LogP contribution in [0.25, 0.3) is 21.0 Å². The van der Waals surface area contributed by atoms with Crippen molar-refractivity contribution in [1.29, 1.82) is 0 Å². The van der Waals surface area contributed by atoms with E-state index in [-0.39, 0.29) is 12.0 Å². The van der Waals surface area contributed by atoms with Crippen LogP contribution in [-0.4, -0.2) is 42.1 Å². The second kappa shape index (κ2) is 8.70. The highest BCUT2D eigenvalue weighted by molar-refractivity contribution is 7.21. The fraction of sp³-hybridized carbons (Fsp3) is 0.346. The molecule has 1 N–H and O–H groups in total. The van der Waals surface area contributed by atoms with Crippen LogP contribution in [0.4, 0.5) is 0 Å². The van der Waals surface area contributed by atoms with E-state index in [4.69, 9.17) is 4.74 Å². The van der Waals surface area contributed by atoms with Crippen molar-refractivity contribution in [2.24, 2.45) is 7.05 Å². The highest BCUT2D eigenvalue weighted by Gasteiger charge is 2.29. The first-order chi connectivity index (χ1) is 15.6. The third kappa shape index (κ3) is 3.62. The molecule has 1 saturated heterocycles. The number of benzene rings is 2. The van der Waals surface area contributed by atoms with E-state index in [0.29, 0.717) is 6.61 Å². The Bertz CT molecular complexity index is 1290. The maximum absolute atomic E-state index is 12.7. The first-order valence-electron chi connectivity index (χ1n) is 11.2. The van der Waals surface area contributed by atoms with Gasteiger partial charge >= 0.3 is 0 Å². The van der Waals surface area contributed by atoms with Gasteiger partial charge in [0.1, 0.15) is 0 Å². The summed E-state index contributed by atoms with van der Waals surface area (Å²) >= 11 is 1.55. The fourth-order valence-corrected chi connectivity index (χ4v) is 6.18. The number of carbonyl (C=O) groups is 1. The van der Waals surface area contributed by atoms with Crippen LogP contribution in [0, 0.1) is 0 Å². The molecule has 1 fully saturated rings. The monoisotopic (exact) mass is 447 g/mol. The van der Waals surface area contributed by atoms with Crippen LogP contribution >= 0.6 is 11.3 Å². The van der Waals surface area contributed by atoms with Gasteiger partial charge in [-0.25, -0.2) is 0 Å². The van der Waals surface area contributed by atoms with Crippen LogP contribution < -0.4 is 5.32 Å². The molecule has 166 valence electrons. The highest BCUT2D eigenvalue weighted by Crippen LogP contribution is 2.38. The molecule has 0 radical (unpaired) electrons. The predicted octanol–water partition coefficient (Wildman–Crippen LogP) is 4.89. The van der Waals surface area contributed by atoms with Crippen molar-refractivity contribution in [3.8, 4) is 0 Å². The molecule has 3 heterocycles. The number of amides is 1. The van der Waals surface area contributed by atoms with Gasteiger partial charge in [-0.3, -0.25) is 9.69 Å². The standard InChI is InChI=1S/C26H29N3O2S/c1-4-17-8-7-10-19-18(14-28(3)24(17)19)15-29-12-13-31-21(16-29)23-20-9-5-6-11-22(20)32-25(23)26(30)27-2/h5-11,14,21H,4,12-13,15-16H2,1-3H3,(H,27,30)/t21-/m1/s1. The van der Waals surface area contributed by atoms with Crippen molar-refractivity contribution in [1.82, 2.24) is 14.8 Å². The zero-order valence-electron chi connectivity index (χ0n) is 18.9. The van der Waals surface area contributed by atoms with Crippen LogP contribution in [0.3, 0.4) is 0 Å². The van der Waals surface area contributed by atoms with Gasteiger partial charge in [0.05, 0.1) is 23.1 Å². The van der Waals surface area contributed by atoms with Crippen LogP contribution in [-0.2, 0) is 24.8 Å². The quantitative estimate of drug-likeness (QED) is 0.474. The lowest BCUT2D eigenvalue weighted by molar-refractivity contribution is -0.0322. The molecule has 5 rings (SSSR count). The summed E-state index contributed by atoms with van der Waals surface area (Å²) in [7, 11) is 3.83. The van der Waals surface area contributed by atoms with E-state index < -0.39 is 0 Å². The minimum atomic E-state index is -0.117. The molecule has 0 saturated carbocycles. The number of hydrogen-bond acceptors (Lipinski definition) is 4. The minimum Gasteiger partial charge on any atom is -0.371 e. The number of aromatic nitrogens is 1. The van der Waals surface area contributed by atoms with E-state index in [2.05, 4.69) is 65.3 Å². The van der Waals surface area contributed by atoms with Crippen molar-refractivity contribution in [3.63, 3.8) is 0 Å². The third-order valence-electron chi connectivity index (χ3n) is 6.48. The molecule has 6 heteroatoms. The molecule has 1 aliphatic heterocycles. The van der Waals surface area contributed by atoms with E-state index in [0.717, 1.165) is 46.6 Å². The molecular formula is C26H29N3O2S. The fourth-order valence-electron chi connectivity index (χ4n) is 4.98. The zero-order valence-corrected chi connectivity index (χ0v) is 19.7. The van der Waals surface area contributed by atoms with Gasteiger partial charge in [-0.15, -0.1) is 11.3 Å². The Labute approximate surface area is 192 Å². The van der Waals surface area contributed by atoms with Crippen LogP contribution in [0.1, 0.15) is 39.4 Å². The smallest absolute Gasteiger partial charge is 0.261 e. The number of fused-ring (bicyclic) bond motifs is 2. The summed E-state index contributed by atoms with van der Waals surface area (Å²) in [6.07, 6.45) is 3.18. The van der Waals surface area contributed by atoms with Gasteiger partial charge in [-0.2, -0.15) is 0 Å². The van der Waals surface area contributed by atoms with Crippen LogP contribution in [0.5, 0.6) is 0 Å². The molecule has 0 aliphatic carbocycles. The van der Waals surface area contributed by atoms with E-state index in [1.165, 1.54) is 22.0 Å². The van der Waals surface area contributed by atoms with Crippen LogP contribution in [0.15, 0.2) is 48.7 Å². The Balaban J connectivity index is 1.47. The number of thiophene rings is 1. The maximum atomic E-state index is 12.7. The van der Waals surface area contributed by atoms with Crippen molar-refractivity contribution < 1.29 is 9.53 Å². The van der Waals surface area contributed by atoms with Crippen LogP contribution in [0.2, 0.25) is 0 Å². The molecule has 2 aromatic carbocycles. The molecule has 1 atom stereocenters. The number of nitrogens with zero attached hydrogens (tertiary/aromatic N) is 2. The topological polar surface area (TPSA) is 46.5 Å². The number of hydrogen-bond donors (Lipinski definition) is 1. The Morgan fingerprint density at radius 3 is 2.78 bits per heavy atom. The first-order valence-corrected chi connectivity index (χ1v) is 12.1. The van der Waals surface area contributed by atoms with Gasteiger partial charge < -0.3 is 14.6 Å². The van der Waals surface area contributed by atoms with Gasteiger partial charge in [-0.1, -0.05) is 43.3 Å². The van der Waals surface area contributed by atoms with Gasteiger partial charge in [0.2, 0.25) is 0 Å². The normalized spacial score (nSPS) is 17.3. The number of carbonyl (C=O) groups excluding carboxylic acids is 1. The Kier molecular flexibility index (Phi) is 5.76. The molecule has 4 aromatic rings. The number of ether oxygens (including phenoxy) is 1. The Hall–Kier alpha value is -2.67. The summed E-state index contributed by atoms with van der Waals surface area (Å²) in [5.41, 5.74) is 5.09. The molecule has 1 aliphatic rings. The van der Waals surface area contributed by atoms with Gasteiger partial charge in [0.25, 0.3) is 5.91 Å². The first kappa shape index (κ1) is 21.2. The van der Waals surface area contributed by atoms with E-state index >= 15 is 0 Å². The lowest BCUT2D eigenvalue weighted by atomic mass is 10.0. The predicted molar refractivity (Wildman–Crippen MR) is 131 cm³/mol. The molecule has 32 heavy (non-hydrogen) atoms. The number of aryl methyl sites for hydroxylation is 2. The summed E-state index contributed by atoms with van der Waals surface area (Å²) in [4.78, 5) is 15.9. The molecular weight excluding hydrogens is 418 g/mol. The van der Waals surface area contributed by atoms with Crippen molar-refractivity contribution in [2.75, 3.05) is 26.7 Å². The SMILES string of the molecule is CCc1cccc2c(CN3CCO[C@@H](c4c(C(=O)NC)sc5ccccc45)C3)cn(C)c12. The van der Waals surface area contributed by atoms with E-state index in [1.54, 1.807) is 18.4 Å². The number of morpholine rings is 1. The molecule has 2 aromatic heterocycles. The van der Waals surface area contributed by atoms with Gasteiger partial charge in [0, 0.05) is 55.6 Å². The van der Waals surface area contributed by atoms with Gasteiger partial charge in [0.15, 0.2) is 0 Å². The van der Waals surface area contributed by atoms with Crippen molar-refractivity contribution in [2.45, 2.75) is 26.0 Å². The van der Waals surface area contributed by atoms with Crippen molar-refractivity contribution in [3.05, 3.63) is 70.2 Å². The Morgan fingerprint density at radius 1 is 1.16 bits per heavy atom. The zero-order chi connectivity index (χ0) is 22.2. The maximum Gasteiger partial charge on any atom is 0.261 e. The highest BCUT2D eigenvalue weighted by atomic mass is 32.1. The molecule has 5 nitrogen and oxygen atoms in total. The lowest BCUT2D eigenvalue weighted by Crippen LogP contribution is -2.38. The largest absolute Gasteiger partial charge is 0.371 e. The lowest BCUT2D eigenvalue weighted by Gasteiger charge is -2.33. The minimum absolute atomic E-state index is 0.0388. The average molecular weight is 448 g/mol. The molecule has 0 unspecified atom stereocenters. The summed E-state index contributed by atoms with van der Waals surface area (Å²) in [6, 6.07) is 14.9. The summed E-state index contributed by atoms with van der Waals surface area (Å²) < 4.78 is 9.63. The summed E-state index contributed by atoms with van der Waals surface area (Å²) in [5.74, 6) is -0.0388. The molecule has 0 spiro atoms. The van der Waals surface area contributed by atoms with Crippen molar-refractivity contribution >= 4 is 38.2 Å². The number of para-hydroxylation sites is 1.